The van der Waals surface area contributed by atoms with E-state index in [1.54, 1.807) is 0 Å². The summed E-state index contributed by atoms with van der Waals surface area (Å²) in [5.41, 5.74) is 3.08. The van der Waals surface area contributed by atoms with Crippen LogP contribution in [0.2, 0.25) is 0 Å². The minimum atomic E-state index is -0.513. The Morgan fingerprint density at radius 1 is 0.611 bits per heavy atom. The predicted molar refractivity (Wildman–Crippen MR) is 140 cm³/mol. The van der Waals surface area contributed by atoms with E-state index in [9.17, 15) is 15.0 Å². The number of nitrogens with zero attached hydrogens (tertiary/aromatic N) is 2. The van der Waals surface area contributed by atoms with E-state index in [0.717, 1.165) is 43.6 Å². The number of aliphatic hydroxyl groups excluding tert-OH is 2. The number of hydrogen-bond acceptors (Lipinski definition) is 5. The second kappa shape index (κ2) is 7.41. The first-order valence-electron chi connectivity index (χ1n) is 11.4. The Morgan fingerprint density at radius 2 is 1.06 bits per heavy atom. The number of carbonyl (C=O) groups excluding carboxylic acids is 1. The van der Waals surface area contributed by atoms with Crippen LogP contribution in [0.25, 0.3) is 55.8 Å². The number of allylic oxidation sites excluding steroid dienone is 2. The van der Waals surface area contributed by atoms with Crippen LogP contribution in [-0.4, -0.2) is 35.9 Å². The fourth-order valence-corrected chi connectivity index (χ4v) is 4.82. The molecule has 6 aromatic rings. The van der Waals surface area contributed by atoms with E-state index < -0.39 is 17.3 Å². The minimum Gasteiger partial charge on any atom is -0.504 e. The first kappa shape index (κ1) is 20.2. The lowest BCUT2D eigenvalue weighted by molar-refractivity contribution is -0.111. The fourth-order valence-electron chi connectivity index (χ4n) is 4.82. The molecule has 0 saturated carbocycles. The molecule has 0 saturated heterocycles. The van der Waals surface area contributed by atoms with Crippen LogP contribution < -0.4 is 0 Å². The molecule has 7 rings (SSSR count). The molecule has 0 fully saturated rings. The standard InChI is InChI=1S/C29H18N4O3/c34-27-19(13-23-30-21-11-9-15-5-1-3-7-17(15)25(21)32-23)28(35)29(36)20(27)14-24-31-22-12-10-16-6-2-4-8-18(16)26(22)33-24/h1-14,35-36H,(H,30,32)(H,31,33)/b19-13-,20-14?. The molecule has 0 spiro atoms. The average molecular weight is 470 g/mol. The van der Waals surface area contributed by atoms with Crippen molar-refractivity contribution in [2.24, 2.45) is 0 Å². The summed E-state index contributed by atoms with van der Waals surface area (Å²) in [5, 5.41) is 25.3. The maximum absolute atomic E-state index is 13.2. The molecule has 4 aromatic carbocycles. The molecule has 36 heavy (non-hydrogen) atoms. The molecule has 1 aliphatic rings. The molecule has 2 heterocycles. The summed E-state index contributed by atoms with van der Waals surface area (Å²) in [6, 6.07) is 23.6. The number of benzene rings is 4. The van der Waals surface area contributed by atoms with Gasteiger partial charge in [-0.2, -0.15) is 0 Å². The zero-order valence-electron chi connectivity index (χ0n) is 18.8. The molecule has 0 aliphatic heterocycles. The first-order valence-corrected chi connectivity index (χ1v) is 11.4. The van der Waals surface area contributed by atoms with Gasteiger partial charge in [0.1, 0.15) is 11.6 Å². The summed E-state index contributed by atoms with van der Waals surface area (Å²) >= 11 is 0. The van der Waals surface area contributed by atoms with E-state index in [-0.39, 0.29) is 11.1 Å². The topological polar surface area (TPSA) is 115 Å². The number of Topliss-reactive ketones (excluding diaryl/α,β-unsaturated/α-hetero) is 1. The van der Waals surface area contributed by atoms with E-state index in [1.807, 2.05) is 72.8 Å². The lowest BCUT2D eigenvalue weighted by Crippen LogP contribution is -2.00. The van der Waals surface area contributed by atoms with Gasteiger partial charge in [0.25, 0.3) is 0 Å². The van der Waals surface area contributed by atoms with E-state index in [4.69, 9.17) is 0 Å². The van der Waals surface area contributed by atoms with Gasteiger partial charge in [-0.25, -0.2) is 9.97 Å². The van der Waals surface area contributed by atoms with Crippen LogP contribution >= 0.6 is 0 Å². The van der Waals surface area contributed by atoms with Crippen LogP contribution in [-0.2, 0) is 4.79 Å². The molecule has 172 valence electrons. The third kappa shape index (κ3) is 2.96. The van der Waals surface area contributed by atoms with Crippen molar-refractivity contribution in [1.82, 2.24) is 19.9 Å². The summed E-state index contributed by atoms with van der Waals surface area (Å²) in [7, 11) is 0. The second-order valence-electron chi connectivity index (χ2n) is 8.75. The fraction of sp³-hybridized carbons (Fsp3) is 0. The number of ketones is 1. The van der Waals surface area contributed by atoms with Crippen molar-refractivity contribution in [3.05, 3.63) is 107 Å². The van der Waals surface area contributed by atoms with Gasteiger partial charge in [0.05, 0.1) is 33.2 Å². The Labute approximate surface area is 203 Å². The number of carbonyl (C=O) groups is 1. The monoisotopic (exact) mass is 470 g/mol. The van der Waals surface area contributed by atoms with E-state index >= 15 is 0 Å². The van der Waals surface area contributed by atoms with Crippen LogP contribution in [0.4, 0.5) is 0 Å². The van der Waals surface area contributed by atoms with Crippen molar-refractivity contribution in [3.63, 3.8) is 0 Å². The highest BCUT2D eigenvalue weighted by atomic mass is 16.3. The van der Waals surface area contributed by atoms with Crippen molar-refractivity contribution in [3.8, 4) is 0 Å². The van der Waals surface area contributed by atoms with Gasteiger partial charge in [-0.3, -0.25) is 4.79 Å². The van der Waals surface area contributed by atoms with Crippen LogP contribution in [0.3, 0.4) is 0 Å². The molecule has 0 bridgehead atoms. The zero-order valence-corrected chi connectivity index (χ0v) is 18.8. The van der Waals surface area contributed by atoms with E-state index in [0.29, 0.717) is 11.6 Å². The third-order valence-corrected chi connectivity index (χ3v) is 6.58. The Balaban J connectivity index is 1.30. The molecule has 7 nitrogen and oxygen atoms in total. The number of rotatable bonds is 2. The molecule has 0 radical (unpaired) electrons. The smallest absolute Gasteiger partial charge is 0.201 e. The number of imidazole rings is 2. The van der Waals surface area contributed by atoms with Crippen LogP contribution in [0.1, 0.15) is 11.6 Å². The lowest BCUT2D eigenvalue weighted by Gasteiger charge is -1.96. The van der Waals surface area contributed by atoms with Gasteiger partial charge in [0.15, 0.2) is 11.5 Å². The summed E-state index contributed by atoms with van der Waals surface area (Å²) in [5.74, 6) is -0.683. The number of nitrogens with one attached hydrogen (secondary N) is 2. The van der Waals surface area contributed by atoms with Crippen LogP contribution in [0.5, 0.6) is 0 Å². The number of hydrogen-bond donors (Lipinski definition) is 4. The number of fused-ring (bicyclic) bond motifs is 6. The molecule has 4 N–H and O–H groups in total. The Hall–Kier alpha value is -5.17. The van der Waals surface area contributed by atoms with Gasteiger partial charge < -0.3 is 20.2 Å². The summed E-state index contributed by atoms with van der Waals surface area (Å²) in [6.45, 7) is 0. The highest BCUT2D eigenvalue weighted by Crippen LogP contribution is 2.33. The van der Waals surface area contributed by atoms with E-state index in [1.165, 1.54) is 12.2 Å². The first-order chi connectivity index (χ1) is 17.6. The van der Waals surface area contributed by atoms with Gasteiger partial charge in [-0.15, -0.1) is 0 Å². The van der Waals surface area contributed by atoms with Gasteiger partial charge in [-0.1, -0.05) is 60.7 Å². The molecule has 7 heteroatoms. The molecular formula is C29H18N4O3. The van der Waals surface area contributed by atoms with Crippen LogP contribution in [0.15, 0.2) is 95.5 Å². The molecule has 2 aromatic heterocycles. The molecule has 1 aliphatic carbocycles. The van der Waals surface area contributed by atoms with Crippen molar-refractivity contribution < 1.29 is 15.0 Å². The molecular weight excluding hydrogens is 452 g/mol. The highest BCUT2D eigenvalue weighted by molar-refractivity contribution is 6.21. The maximum atomic E-state index is 13.2. The SMILES string of the molecule is O=C1C(=Cc2nc3c(ccc4ccccc43)[nH]2)C(O)=C(O)/C1=C\c1nc2c(ccc3ccccc32)[nH]1. The highest BCUT2D eigenvalue weighted by Gasteiger charge is 2.33. The Morgan fingerprint density at radius 3 is 1.53 bits per heavy atom. The Bertz CT molecular complexity index is 1850. The summed E-state index contributed by atoms with van der Waals surface area (Å²) < 4.78 is 0. The lowest BCUT2D eigenvalue weighted by atomic mass is 10.1. The Kier molecular flexibility index (Phi) is 4.16. The third-order valence-electron chi connectivity index (χ3n) is 6.58. The number of aromatic amines is 2. The van der Waals surface area contributed by atoms with Gasteiger partial charge in [0.2, 0.25) is 5.78 Å². The van der Waals surface area contributed by atoms with Gasteiger partial charge in [0, 0.05) is 10.8 Å². The number of aliphatic hydroxyl groups is 2. The summed E-state index contributed by atoms with van der Waals surface area (Å²) in [6.07, 6.45) is 2.91. The quantitative estimate of drug-likeness (QED) is 0.228. The molecule has 0 atom stereocenters. The van der Waals surface area contributed by atoms with Crippen molar-refractivity contribution in [2.45, 2.75) is 0 Å². The summed E-state index contributed by atoms with van der Waals surface area (Å²) in [4.78, 5) is 28.8. The largest absolute Gasteiger partial charge is 0.504 e. The van der Waals surface area contributed by atoms with Crippen molar-refractivity contribution in [1.29, 1.82) is 0 Å². The second-order valence-corrected chi connectivity index (χ2v) is 8.75. The van der Waals surface area contributed by atoms with E-state index in [2.05, 4.69) is 19.9 Å². The maximum Gasteiger partial charge on any atom is 0.201 e. The predicted octanol–water partition coefficient (Wildman–Crippen LogP) is 6.12. The van der Waals surface area contributed by atoms with Crippen molar-refractivity contribution >= 4 is 61.5 Å². The van der Waals surface area contributed by atoms with Crippen LogP contribution in [0, 0.1) is 0 Å². The minimum absolute atomic E-state index is 0.0383. The van der Waals surface area contributed by atoms with Crippen molar-refractivity contribution in [2.75, 3.05) is 0 Å². The zero-order chi connectivity index (χ0) is 24.4. The average Bonchev–Trinajstić information content (AvgIpc) is 3.57. The molecule has 0 amide bonds. The van der Waals surface area contributed by atoms with Gasteiger partial charge >= 0.3 is 0 Å². The number of aromatic nitrogens is 4. The normalized spacial score (nSPS) is 16.6. The molecule has 0 unspecified atom stereocenters. The number of H-pyrrole nitrogens is 2. The van der Waals surface area contributed by atoms with Gasteiger partial charge in [-0.05, 0) is 35.1 Å².